The zero-order chi connectivity index (χ0) is 13.4. The third kappa shape index (κ3) is 1.66. The highest BCUT2D eigenvalue weighted by atomic mass is 16.5. The van der Waals surface area contributed by atoms with Crippen molar-refractivity contribution in [2.24, 2.45) is 0 Å². The summed E-state index contributed by atoms with van der Waals surface area (Å²) < 4.78 is 4.64. The largest absolute Gasteiger partial charge is 0.504 e. The van der Waals surface area contributed by atoms with E-state index in [1.807, 2.05) is 19.1 Å². The van der Waals surface area contributed by atoms with Gasteiger partial charge in [0.15, 0.2) is 11.5 Å². The second-order valence-electron chi connectivity index (χ2n) is 4.24. The number of benzene rings is 2. The van der Waals surface area contributed by atoms with E-state index in [0.29, 0.717) is 10.9 Å². The Morgan fingerprint density at radius 1 is 1.11 bits per heavy atom. The van der Waals surface area contributed by atoms with Crippen LogP contribution in [0.15, 0.2) is 18.2 Å². The second-order valence-corrected chi connectivity index (χ2v) is 4.24. The monoisotopic (exact) mass is 246 g/mol. The van der Waals surface area contributed by atoms with Gasteiger partial charge in [-0.25, -0.2) is 4.79 Å². The average Bonchev–Trinajstić information content (AvgIpc) is 2.37. The summed E-state index contributed by atoms with van der Waals surface area (Å²) in [5, 5.41) is 21.1. The summed E-state index contributed by atoms with van der Waals surface area (Å²) in [7, 11) is 1.23. The van der Waals surface area contributed by atoms with E-state index < -0.39 is 11.7 Å². The van der Waals surface area contributed by atoms with Crippen LogP contribution in [0.3, 0.4) is 0 Å². The molecule has 2 aromatic rings. The van der Waals surface area contributed by atoms with Crippen LogP contribution < -0.4 is 0 Å². The van der Waals surface area contributed by atoms with Gasteiger partial charge < -0.3 is 14.9 Å². The minimum absolute atomic E-state index is 0.00407. The van der Waals surface area contributed by atoms with Crippen molar-refractivity contribution in [2.45, 2.75) is 13.8 Å². The van der Waals surface area contributed by atoms with Crippen LogP contribution in [-0.4, -0.2) is 23.3 Å². The minimum atomic E-state index is -0.670. The predicted molar refractivity (Wildman–Crippen MR) is 68.1 cm³/mol. The zero-order valence-electron chi connectivity index (χ0n) is 10.4. The molecule has 0 saturated carbocycles. The molecule has 0 radical (unpaired) electrons. The Bertz CT molecular complexity index is 644. The maximum atomic E-state index is 11.7. The molecule has 0 amide bonds. The lowest BCUT2D eigenvalue weighted by atomic mass is 9.96. The molecule has 2 aromatic carbocycles. The highest BCUT2D eigenvalue weighted by Crippen LogP contribution is 2.40. The van der Waals surface area contributed by atoms with Gasteiger partial charge in [-0.15, -0.1) is 0 Å². The SMILES string of the molecule is COC(=O)c1c(O)c(O)c(C)c2cc(C)ccc12. The Labute approximate surface area is 104 Å². The van der Waals surface area contributed by atoms with Gasteiger partial charge in [0.2, 0.25) is 0 Å². The lowest BCUT2D eigenvalue weighted by Gasteiger charge is -2.13. The molecule has 0 heterocycles. The number of carbonyl (C=O) groups is 1. The van der Waals surface area contributed by atoms with Crippen molar-refractivity contribution in [3.05, 3.63) is 34.9 Å². The number of hydrogen-bond donors (Lipinski definition) is 2. The van der Waals surface area contributed by atoms with Gasteiger partial charge >= 0.3 is 5.97 Å². The Balaban J connectivity index is 2.97. The maximum Gasteiger partial charge on any atom is 0.342 e. The van der Waals surface area contributed by atoms with E-state index in [1.165, 1.54) is 7.11 Å². The number of aryl methyl sites for hydroxylation is 2. The molecule has 2 rings (SSSR count). The van der Waals surface area contributed by atoms with Crippen molar-refractivity contribution in [1.82, 2.24) is 0 Å². The summed E-state index contributed by atoms with van der Waals surface area (Å²) in [5.41, 5.74) is 1.54. The number of methoxy groups -OCH3 is 1. The van der Waals surface area contributed by atoms with Crippen LogP contribution >= 0.6 is 0 Å². The molecule has 0 aliphatic rings. The Morgan fingerprint density at radius 2 is 1.78 bits per heavy atom. The van der Waals surface area contributed by atoms with E-state index in [2.05, 4.69) is 4.74 Å². The first kappa shape index (κ1) is 12.2. The fourth-order valence-electron chi connectivity index (χ4n) is 2.05. The molecule has 18 heavy (non-hydrogen) atoms. The van der Waals surface area contributed by atoms with Crippen LogP contribution in [-0.2, 0) is 4.74 Å². The lowest BCUT2D eigenvalue weighted by molar-refractivity contribution is 0.0599. The quantitative estimate of drug-likeness (QED) is 0.599. The molecule has 0 saturated heterocycles. The molecule has 94 valence electrons. The number of rotatable bonds is 1. The molecule has 0 fully saturated rings. The maximum absolute atomic E-state index is 11.7. The van der Waals surface area contributed by atoms with Crippen LogP contribution in [0.25, 0.3) is 10.8 Å². The Kier molecular flexibility index (Phi) is 2.87. The fourth-order valence-corrected chi connectivity index (χ4v) is 2.05. The molecule has 2 N–H and O–H groups in total. The summed E-state index contributed by atoms with van der Waals surface area (Å²) in [6, 6.07) is 5.43. The first-order chi connectivity index (χ1) is 8.47. The standard InChI is InChI=1S/C14H14O4/c1-7-4-5-9-10(6-7)8(2)12(15)13(16)11(9)14(17)18-3/h4-6,15-16H,1-3H3. The molecule has 0 aliphatic heterocycles. The number of phenolic OH excluding ortho intramolecular Hbond substituents is 2. The van der Waals surface area contributed by atoms with Gasteiger partial charge in [-0.1, -0.05) is 23.8 Å². The lowest BCUT2D eigenvalue weighted by Crippen LogP contribution is -2.03. The number of fused-ring (bicyclic) bond motifs is 1. The van der Waals surface area contributed by atoms with Gasteiger partial charge in [0.05, 0.1) is 7.11 Å². The Hall–Kier alpha value is -2.23. The summed E-state index contributed by atoms with van der Waals surface area (Å²) in [5.74, 6) is -1.39. The van der Waals surface area contributed by atoms with Crippen LogP contribution in [0.4, 0.5) is 0 Å². The van der Waals surface area contributed by atoms with Crippen LogP contribution in [0.5, 0.6) is 11.5 Å². The van der Waals surface area contributed by atoms with Gasteiger partial charge in [0.1, 0.15) is 5.56 Å². The summed E-state index contributed by atoms with van der Waals surface area (Å²) in [4.78, 5) is 11.7. The van der Waals surface area contributed by atoms with Crippen molar-refractivity contribution in [3.63, 3.8) is 0 Å². The van der Waals surface area contributed by atoms with Crippen molar-refractivity contribution in [2.75, 3.05) is 7.11 Å². The van der Waals surface area contributed by atoms with Gasteiger partial charge in [-0.05, 0) is 19.2 Å². The number of ether oxygens (including phenoxy) is 1. The number of aromatic hydroxyl groups is 2. The first-order valence-electron chi connectivity index (χ1n) is 5.50. The van der Waals surface area contributed by atoms with E-state index in [1.54, 1.807) is 13.0 Å². The van der Waals surface area contributed by atoms with Crippen LogP contribution in [0.1, 0.15) is 21.5 Å². The first-order valence-corrected chi connectivity index (χ1v) is 5.50. The topological polar surface area (TPSA) is 66.8 Å². The van der Waals surface area contributed by atoms with E-state index in [0.717, 1.165) is 10.9 Å². The number of esters is 1. The molecule has 4 nitrogen and oxygen atoms in total. The Morgan fingerprint density at radius 3 is 2.39 bits per heavy atom. The molecular weight excluding hydrogens is 232 g/mol. The third-order valence-corrected chi connectivity index (χ3v) is 3.05. The van der Waals surface area contributed by atoms with E-state index in [4.69, 9.17) is 0 Å². The van der Waals surface area contributed by atoms with Gasteiger partial charge in [0, 0.05) is 10.9 Å². The summed E-state index contributed by atoms with van der Waals surface area (Å²) in [6.07, 6.45) is 0. The molecule has 0 atom stereocenters. The van der Waals surface area contributed by atoms with E-state index >= 15 is 0 Å². The normalized spacial score (nSPS) is 10.6. The van der Waals surface area contributed by atoms with Gasteiger partial charge in [-0.3, -0.25) is 0 Å². The summed E-state index contributed by atoms with van der Waals surface area (Å²) >= 11 is 0. The smallest absolute Gasteiger partial charge is 0.342 e. The zero-order valence-corrected chi connectivity index (χ0v) is 10.4. The van der Waals surface area contributed by atoms with Crippen LogP contribution in [0.2, 0.25) is 0 Å². The second kappa shape index (κ2) is 4.22. The van der Waals surface area contributed by atoms with Crippen LogP contribution in [0, 0.1) is 13.8 Å². The molecule has 0 bridgehead atoms. The van der Waals surface area contributed by atoms with Gasteiger partial charge in [0.25, 0.3) is 0 Å². The van der Waals surface area contributed by atoms with Crippen molar-refractivity contribution >= 4 is 16.7 Å². The van der Waals surface area contributed by atoms with Crippen molar-refractivity contribution < 1.29 is 19.7 Å². The highest BCUT2D eigenvalue weighted by Gasteiger charge is 2.22. The van der Waals surface area contributed by atoms with Gasteiger partial charge in [-0.2, -0.15) is 0 Å². The van der Waals surface area contributed by atoms with Crippen molar-refractivity contribution in [3.8, 4) is 11.5 Å². The molecule has 0 unspecified atom stereocenters. The highest BCUT2D eigenvalue weighted by molar-refractivity contribution is 6.09. The number of phenols is 2. The third-order valence-electron chi connectivity index (χ3n) is 3.05. The number of hydrogen-bond acceptors (Lipinski definition) is 4. The number of carbonyl (C=O) groups excluding carboxylic acids is 1. The molecule has 0 spiro atoms. The van der Waals surface area contributed by atoms with E-state index in [-0.39, 0.29) is 11.3 Å². The summed E-state index contributed by atoms with van der Waals surface area (Å²) in [6.45, 7) is 3.61. The molecule has 0 aliphatic carbocycles. The van der Waals surface area contributed by atoms with E-state index in [9.17, 15) is 15.0 Å². The average molecular weight is 246 g/mol. The fraction of sp³-hybridized carbons (Fsp3) is 0.214. The van der Waals surface area contributed by atoms with Crippen molar-refractivity contribution in [1.29, 1.82) is 0 Å². The predicted octanol–water partition coefficient (Wildman–Crippen LogP) is 2.65. The molecular formula is C14H14O4. The molecule has 0 aromatic heterocycles. The molecule has 4 heteroatoms. The minimum Gasteiger partial charge on any atom is -0.504 e.